The zero-order valence-electron chi connectivity index (χ0n) is 7.82. The number of hydrogen-bond donors (Lipinski definition) is 1. The van der Waals surface area contributed by atoms with Gasteiger partial charge >= 0.3 is 0 Å². The number of nitrogens with zero attached hydrogens (tertiary/aromatic N) is 2. The number of hydrogen-bond acceptors (Lipinski definition) is 2. The van der Waals surface area contributed by atoms with E-state index in [1.807, 2.05) is 6.92 Å². The van der Waals surface area contributed by atoms with Gasteiger partial charge in [0.25, 0.3) is 0 Å². The number of aromatic nitrogens is 2. The van der Waals surface area contributed by atoms with Gasteiger partial charge in [0.05, 0.1) is 11.9 Å². The van der Waals surface area contributed by atoms with Gasteiger partial charge in [0.15, 0.2) is 0 Å². The van der Waals surface area contributed by atoms with Crippen molar-refractivity contribution < 1.29 is 4.79 Å². The monoisotopic (exact) mass is 179 g/mol. The van der Waals surface area contributed by atoms with Gasteiger partial charge < -0.3 is 5.32 Å². The standard InChI is InChI=1S/C9H13N3O/c1-3-5-9(13)11-8-6-10-12(4-2)7-8/h3,5-7H,4H2,1-2H3,(H,11,13). The maximum atomic E-state index is 11.1. The Kier molecular flexibility index (Phi) is 3.25. The maximum Gasteiger partial charge on any atom is 0.248 e. The SMILES string of the molecule is CC=CC(=O)Nc1cnn(CC)c1. The predicted octanol–water partition coefficient (Wildman–Crippen LogP) is 1.42. The largest absolute Gasteiger partial charge is 0.320 e. The van der Waals surface area contributed by atoms with Crippen LogP contribution in [0.2, 0.25) is 0 Å². The molecule has 0 saturated carbocycles. The first-order chi connectivity index (χ1) is 6.26. The minimum atomic E-state index is -0.127. The van der Waals surface area contributed by atoms with Crippen molar-refractivity contribution in [3.05, 3.63) is 24.5 Å². The Bertz CT molecular complexity index is 314. The molecular weight excluding hydrogens is 166 g/mol. The van der Waals surface area contributed by atoms with Crippen LogP contribution in [-0.2, 0) is 11.3 Å². The van der Waals surface area contributed by atoms with E-state index in [0.29, 0.717) is 0 Å². The van der Waals surface area contributed by atoms with Crippen LogP contribution in [-0.4, -0.2) is 15.7 Å². The van der Waals surface area contributed by atoms with E-state index in [-0.39, 0.29) is 5.91 Å². The molecule has 1 aromatic heterocycles. The summed E-state index contributed by atoms with van der Waals surface area (Å²) in [6.07, 6.45) is 6.59. The summed E-state index contributed by atoms with van der Waals surface area (Å²) in [7, 11) is 0. The van der Waals surface area contributed by atoms with Gasteiger partial charge in [-0.25, -0.2) is 0 Å². The lowest BCUT2D eigenvalue weighted by Crippen LogP contribution is -2.06. The van der Waals surface area contributed by atoms with E-state index in [9.17, 15) is 4.79 Å². The van der Waals surface area contributed by atoms with Crippen molar-refractivity contribution in [2.75, 3.05) is 5.32 Å². The van der Waals surface area contributed by atoms with Gasteiger partial charge in [-0.1, -0.05) is 6.08 Å². The molecule has 4 heteroatoms. The third-order valence-electron chi connectivity index (χ3n) is 1.54. The number of carbonyl (C=O) groups is 1. The van der Waals surface area contributed by atoms with E-state index < -0.39 is 0 Å². The number of amides is 1. The fourth-order valence-electron chi connectivity index (χ4n) is 0.936. The lowest BCUT2D eigenvalue weighted by Gasteiger charge is -1.95. The van der Waals surface area contributed by atoms with Crippen molar-refractivity contribution in [3.63, 3.8) is 0 Å². The molecule has 0 aromatic carbocycles. The van der Waals surface area contributed by atoms with Crippen LogP contribution in [0.4, 0.5) is 5.69 Å². The molecule has 1 rings (SSSR count). The summed E-state index contributed by atoms with van der Waals surface area (Å²) in [5.74, 6) is -0.127. The Hall–Kier alpha value is -1.58. The molecule has 1 heterocycles. The van der Waals surface area contributed by atoms with Crippen molar-refractivity contribution in [2.45, 2.75) is 20.4 Å². The van der Waals surface area contributed by atoms with Gasteiger partial charge in [-0.3, -0.25) is 9.48 Å². The Morgan fingerprint density at radius 1 is 1.77 bits per heavy atom. The molecule has 0 bridgehead atoms. The summed E-state index contributed by atoms with van der Waals surface area (Å²) < 4.78 is 1.76. The Balaban J connectivity index is 2.58. The van der Waals surface area contributed by atoms with Crippen molar-refractivity contribution in [2.24, 2.45) is 0 Å². The third kappa shape index (κ3) is 2.74. The number of anilines is 1. The predicted molar refractivity (Wildman–Crippen MR) is 51.3 cm³/mol. The molecule has 1 aromatic rings. The molecule has 1 N–H and O–H groups in total. The smallest absolute Gasteiger partial charge is 0.248 e. The quantitative estimate of drug-likeness (QED) is 0.713. The van der Waals surface area contributed by atoms with Gasteiger partial charge in [-0.2, -0.15) is 5.10 Å². The molecule has 13 heavy (non-hydrogen) atoms. The highest BCUT2D eigenvalue weighted by Gasteiger charge is 1.99. The highest BCUT2D eigenvalue weighted by atomic mass is 16.1. The molecule has 0 fully saturated rings. The molecule has 0 spiro atoms. The Labute approximate surface area is 77.3 Å². The number of aryl methyl sites for hydroxylation is 1. The van der Waals surface area contributed by atoms with Crippen LogP contribution >= 0.6 is 0 Å². The lowest BCUT2D eigenvalue weighted by molar-refractivity contribution is -0.111. The molecule has 70 valence electrons. The molecule has 0 atom stereocenters. The number of rotatable bonds is 3. The van der Waals surface area contributed by atoms with Gasteiger partial charge in [-0.05, 0) is 19.9 Å². The summed E-state index contributed by atoms with van der Waals surface area (Å²) in [6, 6.07) is 0. The fourth-order valence-corrected chi connectivity index (χ4v) is 0.936. The number of nitrogens with one attached hydrogen (secondary N) is 1. The van der Waals surface area contributed by atoms with E-state index in [4.69, 9.17) is 0 Å². The molecule has 1 amide bonds. The van der Waals surface area contributed by atoms with Crippen LogP contribution in [0, 0.1) is 0 Å². The van der Waals surface area contributed by atoms with Crippen molar-refractivity contribution in [3.8, 4) is 0 Å². The van der Waals surface area contributed by atoms with Gasteiger partial charge in [-0.15, -0.1) is 0 Å². The second-order valence-electron chi connectivity index (χ2n) is 2.57. The number of allylic oxidation sites excluding steroid dienone is 1. The van der Waals surface area contributed by atoms with Crippen LogP contribution in [0.3, 0.4) is 0 Å². The second kappa shape index (κ2) is 4.45. The normalized spacial score (nSPS) is 10.6. The molecule has 0 aliphatic carbocycles. The summed E-state index contributed by atoms with van der Waals surface area (Å²) in [6.45, 7) is 4.60. The molecule has 0 unspecified atom stereocenters. The van der Waals surface area contributed by atoms with Crippen molar-refractivity contribution >= 4 is 11.6 Å². The fraction of sp³-hybridized carbons (Fsp3) is 0.333. The van der Waals surface area contributed by atoms with Crippen LogP contribution in [0.15, 0.2) is 24.5 Å². The van der Waals surface area contributed by atoms with E-state index in [1.54, 1.807) is 30.1 Å². The zero-order valence-corrected chi connectivity index (χ0v) is 7.82. The summed E-state index contributed by atoms with van der Waals surface area (Å²) in [5, 5.41) is 6.71. The lowest BCUT2D eigenvalue weighted by atomic mass is 10.4. The molecule has 0 aliphatic heterocycles. The Morgan fingerprint density at radius 3 is 3.08 bits per heavy atom. The van der Waals surface area contributed by atoms with Crippen LogP contribution in [0.1, 0.15) is 13.8 Å². The first kappa shape index (κ1) is 9.51. The zero-order chi connectivity index (χ0) is 9.68. The highest BCUT2D eigenvalue weighted by Crippen LogP contribution is 2.04. The summed E-state index contributed by atoms with van der Waals surface area (Å²) >= 11 is 0. The summed E-state index contributed by atoms with van der Waals surface area (Å²) in [4.78, 5) is 11.1. The maximum absolute atomic E-state index is 11.1. The van der Waals surface area contributed by atoms with Gasteiger partial charge in [0.2, 0.25) is 5.91 Å². The van der Waals surface area contributed by atoms with Gasteiger partial charge in [0, 0.05) is 12.7 Å². The average molecular weight is 179 g/mol. The van der Waals surface area contributed by atoms with E-state index in [0.717, 1.165) is 12.2 Å². The molecule has 0 saturated heterocycles. The van der Waals surface area contributed by atoms with Crippen LogP contribution in [0.25, 0.3) is 0 Å². The number of carbonyl (C=O) groups excluding carboxylic acids is 1. The summed E-state index contributed by atoms with van der Waals surface area (Å²) in [5.41, 5.74) is 0.727. The molecule has 4 nitrogen and oxygen atoms in total. The van der Waals surface area contributed by atoms with Crippen LogP contribution in [0.5, 0.6) is 0 Å². The van der Waals surface area contributed by atoms with Crippen LogP contribution < -0.4 is 5.32 Å². The minimum Gasteiger partial charge on any atom is -0.320 e. The Morgan fingerprint density at radius 2 is 2.54 bits per heavy atom. The van der Waals surface area contributed by atoms with E-state index in [1.165, 1.54) is 6.08 Å². The molecule has 0 aliphatic rings. The van der Waals surface area contributed by atoms with E-state index in [2.05, 4.69) is 10.4 Å². The highest BCUT2D eigenvalue weighted by molar-refractivity contribution is 5.98. The topological polar surface area (TPSA) is 46.9 Å². The van der Waals surface area contributed by atoms with Crippen molar-refractivity contribution in [1.82, 2.24) is 9.78 Å². The first-order valence-electron chi connectivity index (χ1n) is 4.22. The average Bonchev–Trinajstić information content (AvgIpc) is 2.52. The molecule has 0 radical (unpaired) electrons. The second-order valence-corrected chi connectivity index (χ2v) is 2.57. The minimum absolute atomic E-state index is 0.127. The van der Waals surface area contributed by atoms with Crippen molar-refractivity contribution in [1.29, 1.82) is 0 Å². The first-order valence-corrected chi connectivity index (χ1v) is 4.22. The van der Waals surface area contributed by atoms with Gasteiger partial charge in [0.1, 0.15) is 0 Å². The third-order valence-corrected chi connectivity index (χ3v) is 1.54. The van der Waals surface area contributed by atoms with E-state index >= 15 is 0 Å². The molecular formula is C9H13N3O.